The Labute approximate surface area is 138 Å². The number of aromatic nitrogens is 1. The van der Waals surface area contributed by atoms with Gasteiger partial charge in [-0.05, 0) is 37.6 Å². The molecule has 2 aromatic rings. The summed E-state index contributed by atoms with van der Waals surface area (Å²) in [5.41, 5.74) is 1.57. The maximum absolute atomic E-state index is 12.4. The second-order valence-electron chi connectivity index (χ2n) is 5.65. The Morgan fingerprint density at radius 3 is 2.83 bits per heavy atom. The molecule has 1 aliphatic rings. The van der Waals surface area contributed by atoms with Crippen LogP contribution in [-0.2, 0) is 9.59 Å². The Morgan fingerprint density at radius 2 is 2.17 bits per heavy atom. The van der Waals surface area contributed by atoms with Crippen LogP contribution in [0.4, 0.5) is 11.5 Å². The maximum Gasteiger partial charge on any atom is 0.229 e. The lowest BCUT2D eigenvalue weighted by Gasteiger charge is -2.14. The fraction of sp³-hybridized carbons (Fsp3) is 0.312. The van der Waals surface area contributed by atoms with Gasteiger partial charge in [-0.1, -0.05) is 16.8 Å². The predicted octanol–water partition coefficient (Wildman–Crippen LogP) is 2.94. The smallest absolute Gasteiger partial charge is 0.229 e. The van der Waals surface area contributed by atoms with Crippen molar-refractivity contribution in [3.05, 3.63) is 40.6 Å². The molecule has 3 rings (SSSR count). The molecular formula is C16H16ClN3O3. The van der Waals surface area contributed by atoms with Gasteiger partial charge < -0.3 is 9.84 Å². The molecule has 1 fully saturated rings. The van der Waals surface area contributed by atoms with E-state index in [1.165, 1.54) is 4.90 Å². The molecule has 1 saturated heterocycles. The van der Waals surface area contributed by atoms with Crippen LogP contribution < -0.4 is 10.2 Å². The van der Waals surface area contributed by atoms with Crippen LogP contribution >= 0.6 is 11.6 Å². The van der Waals surface area contributed by atoms with Crippen molar-refractivity contribution in [2.75, 3.05) is 16.8 Å². The summed E-state index contributed by atoms with van der Waals surface area (Å²) in [7, 11) is 0. The van der Waals surface area contributed by atoms with Crippen molar-refractivity contribution in [3.8, 4) is 0 Å². The highest BCUT2D eigenvalue weighted by molar-refractivity contribution is 6.30. The molecule has 1 aromatic heterocycles. The van der Waals surface area contributed by atoms with E-state index in [2.05, 4.69) is 10.5 Å². The monoisotopic (exact) mass is 333 g/mol. The summed E-state index contributed by atoms with van der Waals surface area (Å²) in [4.78, 5) is 26.0. The number of rotatable bonds is 3. The van der Waals surface area contributed by atoms with Crippen molar-refractivity contribution >= 4 is 34.9 Å². The molecule has 120 valence electrons. The summed E-state index contributed by atoms with van der Waals surface area (Å²) in [5, 5.41) is 7.31. The van der Waals surface area contributed by atoms with Gasteiger partial charge in [0, 0.05) is 29.7 Å². The maximum atomic E-state index is 12.4. The second-order valence-corrected chi connectivity index (χ2v) is 6.09. The number of benzene rings is 1. The number of carbonyl (C=O) groups excluding carboxylic acids is 2. The molecule has 0 bridgehead atoms. The van der Waals surface area contributed by atoms with E-state index in [1.54, 1.807) is 31.2 Å². The second kappa shape index (κ2) is 6.04. The predicted molar refractivity (Wildman–Crippen MR) is 86.5 cm³/mol. The molecule has 6 nitrogen and oxygen atoms in total. The molecule has 1 aliphatic heterocycles. The van der Waals surface area contributed by atoms with E-state index in [0.29, 0.717) is 28.8 Å². The molecule has 0 aliphatic carbocycles. The fourth-order valence-electron chi connectivity index (χ4n) is 2.59. The lowest BCUT2D eigenvalue weighted by Crippen LogP contribution is -2.28. The Morgan fingerprint density at radius 1 is 1.39 bits per heavy atom. The summed E-state index contributed by atoms with van der Waals surface area (Å²) in [6.07, 6.45) is 0.157. The average molecular weight is 334 g/mol. The molecule has 1 unspecified atom stereocenters. The van der Waals surface area contributed by atoms with Crippen LogP contribution in [0.3, 0.4) is 0 Å². The summed E-state index contributed by atoms with van der Waals surface area (Å²) >= 11 is 5.91. The number of hydrogen-bond acceptors (Lipinski definition) is 4. The van der Waals surface area contributed by atoms with Gasteiger partial charge in [0.25, 0.3) is 0 Å². The molecule has 23 heavy (non-hydrogen) atoms. The van der Waals surface area contributed by atoms with Crippen LogP contribution in [0.1, 0.15) is 17.7 Å². The van der Waals surface area contributed by atoms with Gasteiger partial charge >= 0.3 is 0 Å². The lowest BCUT2D eigenvalue weighted by molar-refractivity contribution is -0.122. The van der Waals surface area contributed by atoms with Crippen LogP contribution in [0.2, 0.25) is 5.02 Å². The molecular weight excluding hydrogens is 318 g/mol. The van der Waals surface area contributed by atoms with Crippen molar-refractivity contribution in [1.29, 1.82) is 0 Å². The minimum atomic E-state index is -0.422. The lowest BCUT2D eigenvalue weighted by atomic mass is 10.1. The van der Waals surface area contributed by atoms with Crippen molar-refractivity contribution in [2.45, 2.75) is 20.3 Å². The van der Waals surface area contributed by atoms with Crippen LogP contribution in [0, 0.1) is 19.8 Å². The van der Waals surface area contributed by atoms with Gasteiger partial charge in [0.2, 0.25) is 11.8 Å². The zero-order chi connectivity index (χ0) is 16.6. The quantitative estimate of drug-likeness (QED) is 0.937. The van der Waals surface area contributed by atoms with Gasteiger partial charge in [-0.2, -0.15) is 0 Å². The summed E-state index contributed by atoms with van der Waals surface area (Å²) < 4.78 is 4.99. The molecule has 0 spiro atoms. The molecule has 2 amide bonds. The summed E-state index contributed by atoms with van der Waals surface area (Å²) in [6.45, 7) is 3.92. The van der Waals surface area contributed by atoms with E-state index in [0.717, 1.165) is 5.56 Å². The first-order valence-corrected chi connectivity index (χ1v) is 7.62. The molecule has 1 N–H and O–H groups in total. The van der Waals surface area contributed by atoms with Gasteiger partial charge in [-0.15, -0.1) is 0 Å². The minimum absolute atomic E-state index is 0.133. The number of halogens is 1. The van der Waals surface area contributed by atoms with Gasteiger partial charge in [-0.3, -0.25) is 14.5 Å². The van der Waals surface area contributed by atoms with E-state index < -0.39 is 5.92 Å². The first-order chi connectivity index (χ1) is 10.9. The Bertz CT molecular complexity index is 772. The van der Waals surface area contributed by atoms with E-state index in [-0.39, 0.29) is 18.2 Å². The number of nitrogens with one attached hydrogen (secondary N) is 1. The number of nitrogens with zero attached hydrogens (tertiary/aromatic N) is 2. The highest BCUT2D eigenvalue weighted by atomic mass is 35.5. The summed E-state index contributed by atoms with van der Waals surface area (Å²) in [5.74, 6) is 0.329. The third kappa shape index (κ3) is 3.22. The van der Waals surface area contributed by atoms with Crippen molar-refractivity contribution in [2.24, 2.45) is 5.92 Å². The van der Waals surface area contributed by atoms with Gasteiger partial charge in [-0.25, -0.2) is 0 Å². The largest absolute Gasteiger partial charge is 0.360 e. The van der Waals surface area contributed by atoms with Crippen LogP contribution in [0.25, 0.3) is 0 Å². The van der Waals surface area contributed by atoms with Gasteiger partial charge in [0.1, 0.15) is 5.76 Å². The third-order valence-corrected chi connectivity index (χ3v) is 4.07. The zero-order valence-corrected chi connectivity index (χ0v) is 13.6. The van der Waals surface area contributed by atoms with Crippen LogP contribution in [0.5, 0.6) is 0 Å². The highest BCUT2D eigenvalue weighted by Crippen LogP contribution is 2.26. The van der Waals surface area contributed by atoms with Gasteiger partial charge in [0.05, 0.1) is 5.92 Å². The number of hydrogen-bond donors (Lipinski definition) is 1. The normalized spacial score (nSPS) is 17.6. The van der Waals surface area contributed by atoms with Crippen molar-refractivity contribution < 1.29 is 14.1 Å². The Kier molecular flexibility index (Phi) is 4.09. The van der Waals surface area contributed by atoms with E-state index >= 15 is 0 Å². The number of anilines is 2. The van der Waals surface area contributed by atoms with Crippen molar-refractivity contribution in [1.82, 2.24) is 5.16 Å². The van der Waals surface area contributed by atoms with Crippen LogP contribution in [-0.4, -0.2) is 23.5 Å². The van der Waals surface area contributed by atoms with E-state index in [9.17, 15) is 9.59 Å². The van der Waals surface area contributed by atoms with E-state index in [4.69, 9.17) is 16.1 Å². The molecule has 1 atom stereocenters. The van der Waals surface area contributed by atoms with Crippen LogP contribution in [0.15, 0.2) is 28.8 Å². The Balaban J connectivity index is 1.70. The molecule has 2 heterocycles. The number of aryl methyl sites for hydroxylation is 2. The highest BCUT2D eigenvalue weighted by Gasteiger charge is 2.36. The first-order valence-electron chi connectivity index (χ1n) is 7.25. The average Bonchev–Trinajstić information content (AvgIpc) is 3.08. The SMILES string of the molecule is Cc1cc(N2CC(C(=O)Nc3ccc(Cl)cc3C)CC2=O)no1. The molecule has 7 heteroatoms. The van der Waals surface area contributed by atoms with E-state index in [1.807, 2.05) is 6.92 Å². The number of carbonyl (C=O) groups is 2. The fourth-order valence-corrected chi connectivity index (χ4v) is 2.81. The minimum Gasteiger partial charge on any atom is -0.360 e. The molecule has 0 saturated carbocycles. The van der Waals surface area contributed by atoms with Gasteiger partial charge in [0.15, 0.2) is 5.82 Å². The third-order valence-electron chi connectivity index (χ3n) is 3.83. The Hall–Kier alpha value is -2.34. The number of amides is 2. The topological polar surface area (TPSA) is 75.4 Å². The summed E-state index contributed by atoms with van der Waals surface area (Å²) in [6, 6.07) is 6.93. The molecule has 1 aromatic carbocycles. The zero-order valence-electron chi connectivity index (χ0n) is 12.8. The standard InChI is InChI=1S/C16H16ClN3O3/c1-9-5-12(17)3-4-13(9)18-16(22)11-7-15(21)20(8-11)14-6-10(2)23-19-14/h3-6,11H,7-8H2,1-2H3,(H,18,22). The first kappa shape index (κ1) is 15.6. The molecule has 0 radical (unpaired) electrons. The van der Waals surface area contributed by atoms with Crippen molar-refractivity contribution in [3.63, 3.8) is 0 Å².